The summed E-state index contributed by atoms with van der Waals surface area (Å²) in [5, 5.41) is 8.24. The highest BCUT2D eigenvalue weighted by molar-refractivity contribution is 5.93. The van der Waals surface area contributed by atoms with E-state index in [9.17, 15) is 4.79 Å². The Morgan fingerprint density at radius 3 is 2.66 bits per heavy atom. The molecule has 1 aromatic carbocycles. The quantitative estimate of drug-likeness (QED) is 0.345. The molecule has 0 saturated heterocycles. The Hall–Kier alpha value is -5.11. The first-order valence-corrected chi connectivity index (χ1v) is 12.2. The molecule has 1 fully saturated rings. The Morgan fingerprint density at radius 1 is 1.11 bits per heavy atom. The van der Waals surface area contributed by atoms with E-state index in [0.29, 0.717) is 33.7 Å². The smallest absolute Gasteiger partial charge is 0.262 e. The molecular formula is C27H24N10O. The van der Waals surface area contributed by atoms with Crippen molar-refractivity contribution >= 4 is 22.5 Å². The average molecular weight is 505 g/mol. The van der Waals surface area contributed by atoms with Crippen molar-refractivity contribution in [3.63, 3.8) is 0 Å². The highest BCUT2D eigenvalue weighted by atomic mass is 16.1. The van der Waals surface area contributed by atoms with Crippen LogP contribution in [0.2, 0.25) is 0 Å². The van der Waals surface area contributed by atoms with Gasteiger partial charge in [-0.25, -0.2) is 24.9 Å². The number of nitrogens with zero attached hydrogens (tertiary/aromatic N) is 8. The van der Waals surface area contributed by atoms with Gasteiger partial charge in [0.1, 0.15) is 35.7 Å². The van der Waals surface area contributed by atoms with Crippen molar-refractivity contribution in [2.75, 3.05) is 11.1 Å². The first-order chi connectivity index (χ1) is 18.5. The second kappa shape index (κ2) is 9.40. The number of rotatable bonds is 5. The zero-order chi connectivity index (χ0) is 26.2. The summed E-state index contributed by atoms with van der Waals surface area (Å²) in [5.74, 6) is 7.35. The summed E-state index contributed by atoms with van der Waals surface area (Å²) in [6.07, 6.45) is 11.6. The molecule has 0 amide bonds. The van der Waals surface area contributed by atoms with Crippen molar-refractivity contribution < 1.29 is 0 Å². The van der Waals surface area contributed by atoms with Gasteiger partial charge in [0.2, 0.25) is 0 Å². The molecule has 0 aliphatic heterocycles. The summed E-state index contributed by atoms with van der Waals surface area (Å²) in [6.45, 7) is 1.94. The molecular weight excluding hydrogens is 480 g/mol. The van der Waals surface area contributed by atoms with Crippen molar-refractivity contribution in [3.8, 4) is 23.0 Å². The lowest BCUT2D eigenvalue weighted by Crippen LogP contribution is -2.28. The topological polar surface area (TPSA) is 142 Å². The van der Waals surface area contributed by atoms with Crippen molar-refractivity contribution in [3.05, 3.63) is 82.9 Å². The van der Waals surface area contributed by atoms with Gasteiger partial charge in [0.15, 0.2) is 0 Å². The maximum Gasteiger partial charge on any atom is 0.262 e. The third kappa shape index (κ3) is 4.32. The number of nitrogen functional groups attached to an aromatic ring is 1. The molecule has 3 N–H and O–H groups in total. The molecule has 0 bridgehead atoms. The van der Waals surface area contributed by atoms with Gasteiger partial charge in [-0.1, -0.05) is 24.0 Å². The lowest BCUT2D eigenvalue weighted by Gasteiger charge is -2.21. The lowest BCUT2D eigenvalue weighted by molar-refractivity contribution is 0.609. The minimum atomic E-state index is -0.371. The number of nitrogens with two attached hydrogens (primary N) is 1. The van der Waals surface area contributed by atoms with E-state index in [1.54, 1.807) is 23.3 Å². The molecule has 38 heavy (non-hydrogen) atoms. The Kier molecular flexibility index (Phi) is 5.76. The maximum absolute atomic E-state index is 14.0. The standard InChI is InChI=1S/C27H24N10O/c1-16(34-25-21(24(28)31-15-32-25)9-6-17-10-29-14-30-11-17)26-35-22-5-3-4-20(18-12-33-36(2)13-18)23(22)27(38)37(26)19-7-8-19/h3-5,10-16,19H,7-8H2,1-2H3,(H3,28,31,32,34). The molecule has 1 atom stereocenters. The third-order valence-corrected chi connectivity index (χ3v) is 6.39. The summed E-state index contributed by atoms with van der Waals surface area (Å²) in [6, 6.07) is 5.45. The van der Waals surface area contributed by atoms with Crippen LogP contribution in [0.1, 0.15) is 48.8 Å². The predicted molar refractivity (Wildman–Crippen MR) is 143 cm³/mol. The molecule has 1 unspecified atom stereocenters. The van der Waals surface area contributed by atoms with Crippen LogP contribution in [0.25, 0.3) is 22.0 Å². The Bertz CT molecular complexity index is 1780. The molecule has 0 spiro atoms. The first kappa shape index (κ1) is 23.3. The van der Waals surface area contributed by atoms with E-state index in [4.69, 9.17) is 10.7 Å². The fraction of sp³-hybridized carbons (Fsp3) is 0.222. The van der Waals surface area contributed by atoms with Gasteiger partial charge in [-0.2, -0.15) is 5.10 Å². The summed E-state index contributed by atoms with van der Waals surface area (Å²) in [5.41, 5.74) is 9.50. The molecule has 188 valence electrons. The SMILES string of the molecule is CC(Nc1ncnc(N)c1C#Cc1cncnc1)c1nc2cccc(-c3cnn(C)c3)c2c(=O)n1C1CC1. The summed E-state index contributed by atoms with van der Waals surface area (Å²) < 4.78 is 3.54. The third-order valence-electron chi connectivity index (χ3n) is 6.39. The van der Waals surface area contributed by atoms with Gasteiger partial charge in [0.05, 0.1) is 28.7 Å². The summed E-state index contributed by atoms with van der Waals surface area (Å²) >= 11 is 0. The zero-order valence-corrected chi connectivity index (χ0v) is 20.8. The van der Waals surface area contributed by atoms with E-state index in [2.05, 4.69) is 42.2 Å². The highest BCUT2D eigenvalue weighted by Gasteiger charge is 2.31. The van der Waals surface area contributed by atoms with Crippen LogP contribution in [0, 0.1) is 11.8 Å². The van der Waals surface area contributed by atoms with Gasteiger partial charge in [0, 0.05) is 37.2 Å². The molecule has 0 radical (unpaired) electrons. The van der Waals surface area contributed by atoms with Gasteiger partial charge in [-0.3, -0.25) is 14.0 Å². The molecule has 6 rings (SSSR count). The number of fused-ring (bicyclic) bond motifs is 1. The summed E-state index contributed by atoms with van der Waals surface area (Å²) in [4.78, 5) is 35.4. The maximum atomic E-state index is 14.0. The lowest BCUT2D eigenvalue weighted by atomic mass is 10.0. The van der Waals surface area contributed by atoms with Crippen LogP contribution in [-0.2, 0) is 7.05 Å². The van der Waals surface area contributed by atoms with E-state index in [-0.39, 0.29) is 23.5 Å². The molecule has 1 aliphatic carbocycles. The van der Waals surface area contributed by atoms with E-state index in [1.165, 1.54) is 12.7 Å². The van der Waals surface area contributed by atoms with Crippen molar-refractivity contribution in [2.45, 2.75) is 31.8 Å². The van der Waals surface area contributed by atoms with E-state index in [1.807, 2.05) is 42.9 Å². The second-order valence-corrected chi connectivity index (χ2v) is 9.20. The minimum Gasteiger partial charge on any atom is -0.382 e. The Balaban J connectivity index is 1.43. The highest BCUT2D eigenvalue weighted by Crippen LogP contribution is 2.37. The van der Waals surface area contributed by atoms with E-state index < -0.39 is 0 Å². The Morgan fingerprint density at radius 2 is 1.92 bits per heavy atom. The van der Waals surface area contributed by atoms with Gasteiger partial charge in [0.25, 0.3) is 5.56 Å². The van der Waals surface area contributed by atoms with Crippen LogP contribution < -0.4 is 16.6 Å². The van der Waals surface area contributed by atoms with E-state index >= 15 is 0 Å². The molecule has 4 aromatic heterocycles. The minimum absolute atomic E-state index is 0.0631. The van der Waals surface area contributed by atoms with Crippen LogP contribution >= 0.6 is 0 Å². The Labute approximate surface area is 217 Å². The fourth-order valence-electron chi connectivity index (χ4n) is 4.45. The number of hydrogen-bond donors (Lipinski definition) is 2. The number of benzene rings is 1. The normalized spacial score (nSPS) is 13.6. The molecule has 11 heteroatoms. The fourth-order valence-corrected chi connectivity index (χ4v) is 4.45. The van der Waals surface area contributed by atoms with Crippen LogP contribution in [0.4, 0.5) is 11.6 Å². The number of nitrogens with one attached hydrogen (secondary N) is 1. The van der Waals surface area contributed by atoms with Crippen LogP contribution in [-0.4, -0.2) is 39.3 Å². The van der Waals surface area contributed by atoms with Gasteiger partial charge >= 0.3 is 0 Å². The van der Waals surface area contributed by atoms with Crippen molar-refractivity contribution in [1.82, 2.24) is 39.3 Å². The first-order valence-electron chi connectivity index (χ1n) is 12.2. The predicted octanol–water partition coefficient (Wildman–Crippen LogP) is 2.87. The second-order valence-electron chi connectivity index (χ2n) is 9.20. The number of aryl methyl sites for hydroxylation is 1. The number of anilines is 2. The summed E-state index contributed by atoms with van der Waals surface area (Å²) in [7, 11) is 1.85. The van der Waals surface area contributed by atoms with Gasteiger partial charge in [-0.05, 0) is 31.4 Å². The number of hydrogen-bond acceptors (Lipinski definition) is 9. The van der Waals surface area contributed by atoms with Gasteiger partial charge < -0.3 is 11.1 Å². The monoisotopic (exact) mass is 504 g/mol. The zero-order valence-electron chi connectivity index (χ0n) is 20.8. The molecule has 1 aliphatic rings. The number of aromatic nitrogens is 8. The molecule has 5 aromatic rings. The van der Waals surface area contributed by atoms with Crippen LogP contribution in [0.15, 0.2) is 60.4 Å². The van der Waals surface area contributed by atoms with Crippen molar-refractivity contribution in [1.29, 1.82) is 0 Å². The molecule has 1 saturated carbocycles. The molecule has 4 heterocycles. The average Bonchev–Trinajstić information content (AvgIpc) is 3.67. The molecule has 11 nitrogen and oxygen atoms in total. The van der Waals surface area contributed by atoms with Gasteiger partial charge in [-0.15, -0.1) is 0 Å². The van der Waals surface area contributed by atoms with E-state index in [0.717, 1.165) is 24.0 Å². The van der Waals surface area contributed by atoms with Crippen LogP contribution in [0.5, 0.6) is 0 Å². The van der Waals surface area contributed by atoms with Crippen LogP contribution in [0.3, 0.4) is 0 Å². The largest absolute Gasteiger partial charge is 0.382 e. The van der Waals surface area contributed by atoms with Crippen molar-refractivity contribution in [2.24, 2.45) is 7.05 Å².